The molecular weight excluding hydrogens is 266 g/mol. The fourth-order valence-electron chi connectivity index (χ4n) is 2.08. The average molecular weight is 281 g/mol. The van der Waals surface area contributed by atoms with Gasteiger partial charge >= 0.3 is 0 Å². The Bertz CT molecular complexity index is 793. The summed E-state index contributed by atoms with van der Waals surface area (Å²) in [7, 11) is 3.90. The summed E-state index contributed by atoms with van der Waals surface area (Å²) < 4.78 is 0. The van der Waals surface area contributed by atoms with Crippen LogP contribution in [0.2, 0.25) is 0 Å². The van der Waals surface area contributed by atoms with Gasteiger partial charge in [-0.3, -0.25) is 14.9 Å². The Labute approximate surface area is 121 Å². The number of carbonyl (C=O) groups is 1. The van der Waals surface area contributed by atoms with Gasteiger partial charge in [0.05, 0.1) is 10.9 Å². The molecule has 3 aromatic rings. The van der Waals surface area contributed by atoms with Gasteiger partial charge in [-0.2, -0.15) is 5.10 Å². The predicted molar refractivity (Wildman–Crippen MR) is 82.6 cm³/mol. The zero-order valence-electron chi connectivity index (χ0n) is 11.8. The summed E-state index contributed by atoms with van der Waals surface area (Å²) in [5.74, 6) is -0.259. The second-order valence-electron chi connectivity index (χ2n) is 4.89. The molecule has 0 aliphatic rings. The number of carbonyl (C=O) groups excluding carboxylic acids is 1. The van der Waals surface area contributed by atoms with Crippen molar-refractivity contribution in [2.75, 3.05) is 24.3 Å². The minimum absolute atomic E-state index is 0.259. The quantitative estimate of drug-likeness (QED) is 0.772. The summed E-state index contributed by atoms with van der Waals surface area (Å²) in [5, 5.41) is 10.4. The minimum atomic E-state index is -0.259. The van der Waals surface area contributed by atoms with Gasteiger partial charge < -0.3 is 10.2 Å². The van der Waals surface area contributed by atoms with Crippen molar-refractivity contribution < 1.29 is 4.79 Å². The molecule has 0 fully saturated rings. The Kier molecular flexibility index (Phi) is 3.27. The number of aromatic amines is 1. The van der Waals surface area contributed by atoms with E-state index >= 15 is 0 Å². The van der Waals surface area contributed by atoms with Crippen LogP contribution in [0, 0.1) is 0 Å². The normalized spacial score (nSPS) is 10.6. The van der Waals surface area contributed by atoms with E-state index in [0.29, 0.717) is 11.1 Å². The standard InChI is InChI=1S/C15H15N5O/c1-20(2)11-5-3-4-10(8-11)17-15(21)14-12-9-16-7-6-13(12)18-19-14/h3-9H,1-2H3,(H,17,21)(H,18,19). The number of nitrogens with one attached hydrogen (secondary N) is 2. The number of benzene rings is 1. The number of anilines is 2. The number of hydrogen-bond donors (Lipinski definition) is 2. The first-order valence-corrected chi connectivity index (χ1v) is 6.52. The van der Waals surface area contributed by atoms with Crippen LogP contribution in [0.15, 0.2) is 42.7 Å². The van der Waals surface area contributed by atoms with Crippen LogP contribution in [0.25, 0.3) is 10.9 Å². The van der Waals surface area contributed by atoms with E-state index in [0.717, 1.165) is 16.9 Å². The first kappa shape index (κ1) is 13.1. The van der Waals surface area contributed by atoms with Crippen LogP contribution in [-0.2, 0) is 0 Å². The molecule has 3 rings (SSSR count). The van der Waals surface area contributed by atoms with Gasteiger partial charge in [0.25, 0.3) is 5.91 Å². The molecule has 106 valence electrons. The van der Waals surface area contributed by atoms with E-state index in [1.54, 1.807) is 18.5 Å². The third-order valence-corrected chi connectivity index (χ3v) is 3.20. The highest BCUT2D eigenvalue weighted by Crippen LogP contribution is 2.19. The van der Waals surface area contributed by atoms with Crippen LogP contribution in [0.4, 0.5) is 11.4 Å². The largest absolute Gasteiger partial charge is 0.378 e. The first-order valence-electron chi connectivity index (χ1n) is 6.52. The highest BCUT2D eigenvalue weighted by atomic mass is 16.1. The predicted octanol–water partition coefficient (Wildman–Crippen LogP) is 2.28. The molecule has 2 heterocycles. The van der Waals surface area contributed by atoms with Gasteiger partial charge in [0.2, 0.25) is 0 Å². The van der Waals surface area contributed by atoms with Crippen LogP contribution in [0.1, 0.15) is 10.5 Å². The minimum Gasteiger partial charge on any atom is -0.378 e. The van der Waals surface area contributed by atoms with E-state index < -0.39 is 0 Å². The van der Waals surface area contributed by atoms with Crippen LogP contribution in [0.3, 0.4) is 0 Å². The zero-order chi connectivity index (χ0) is 14.8. The number of fused-ring (bicyclic) bond motifs is 1. The molecule has 2 N–H and O–H groups in total. The Morgan fingerprint density at radius 1 is 1.29 bits per heavy atom. The maximum absolute atomic E-state index is 12.3. The number of aromatic nitrogens is 3. The van der Waals surface area contributed by atoms with Crippen molar-refractivity contribution >= 4 is 28.2 Å². The lowest BCUT2D eigenvalue weighted by Crippen LogP contribution is -2.14. The van der Waals surface area contributed by atoms with Gasteiger partial charge in [-0.25, -0.2) is 0 Å². The fourth-order valence-corrected chi connectivity index (χ4v) is 2.08. The Balaban J connectivity index is 1.88. The maximum Gasteiger partial charge on any atom is 0.276 e. The molecule has 0 spiro atoms. The van der Waals surface area contributed by atoms with E-state index in [4.69, 9.17) is 0 Å². The Morgan fingerprint density at radius 2 is 2.14 bits per heavy atom. The van der Waals surface area contributed by atoms with E-state index in [2.05, 4.69) is 20.5 Å². The molecular formula is C15H15N5O. The smallest absolute Gasteiger partial charge is 0.276 e. The number of rotatable bonds is 3. The number of hydrogen-bond acceptors (Lipinski definition) is 4. The monoisotopic (exact) mass is 281 g/mol. The second-order valence-corrected chi connectivity index (χ2v) is 4.89. The SMILES string of the molecule is CN(C)c1cccc(NC(=O)c2n[nH]c3ccncc23)c1. The topological polar surface area (TPSA) is 73.9 Å². The number of nitrogens with zero attached hydrogens (tertiary/aromatic N) is 3. The zero-order valence-corrected chi connectivity index (χ0v) is 11.8. The maximum atomic E-state index is 12.3. The third kappa shape index (κ3) is 2.55. The molecule has 2 aromatic heterocycles. The molecule has 0 saturated carbocycles. The molecule has 6 heteroatoms. The third-order valence-electron chi connectivity index (χ3n) is 3.20. The molecule has 0 aliphatic heterocycles. The van der Waals surface area contributed by atoms with Crippen LogP contribution in [0.5, 0.6) is 0 Å². The molecule has 0 radical (unpaired) electrons. The van der Waals surface area contributed by atoms with Crippen LogP contribution < -0.4 is 10.2 Å². The molecule has 0 aliphatic carbocycles. The number of H-pyrrole nitrogens is 1. The molecule has 1 amide bonds. The van der Waals surface area contributed by atoms with Gasteiger partial charge in [-0.15, -0.1) is 0 Å². The highest BCUT2D eigenvalue weighted by Gasteiger charge is 2.14. The van der Waals surface area contributed by atoms with Crippen LogP contribution >= 0.6 is 0 Å². The Morgan fingerprint density at radius 3 is 2.95 bits per heavy atom. The molecule has 0 atom stereocenters. The molecule has 6 nitrogen and oxygen atoms in total. The van der Waals surface area contributed by atoms with Gasteiger partial charge in [0.15, 0.2) is 5.69 Å². The summed E-state index contributed by atoms with van der Waals surface area (Å²) in [6, 6.07) is 9.41. The fraction of sp³-hybridized carbons (Fsp3) is 0.133. The average Bonchev–Trinajstić information content (AvgIpc) is 2.91. The van der Waals surface area contributed by atoms with E-state index in [9.17, 15) is 4.79 Å². The van der Waals surface area contributed by atoms with Crippen molar-refractivity contribution in [2.45, 2.75) is 0 Å². The summed E-state index contributed by atoms with van der Waals surface area (Å²) in [6.45, 7) is 0. The summed E-state index contributed by atoms with van der Waals surface area (Å²) in [6.07, 6.45) is 3.28. The molecule has 0 saturated heterocycles. The lowest BCUT2D eigenvalue weighted by molar-refractivity contribution is 0.102. The summed E-state index contributed by atoms with van der Waals surface area (Å²) >= 11 is 0. The van der Waals surface area contributed by atoms with Gasteiger partial charge in [-0.05, 0) is 24.3 Å². The highest BCUT2D eigenvalue weighted by molar-refractivity contribution is 6.10. The van der Waals surface area contributed by atoms with Gasteiger partial charge in [-0.1, -0.05) is 6.07 Å². The van der Waals surface area contributed by atoms with Crippen molar-refractivity contribution in [1.82, 2.24) is 15.2 Å². The second kappa shape index (κ2) is 5.24. The molecule has 0 unspecified atom stereocenters. The van der Waals surface area contributed by atoms with Crippen molar-refractivity contribution in [3.05, 3.63) is 48.4 Å². The van der Waals surface area contributed by atoms with Crippen molar-refractivity contribution in [3.63, 3.8) is 0 Å². The van der Waals surface area contributed by atoms with Crippen LogP contribution in [-0.4, -0.2) is 35.2 Å². The van der Waals surface area contributed by atoms with E-state index in [-0.39, 0.29) is 5.91 Å². The molecule has 1 aromatic carbocycles. The van der Waals surface area contributed by atoms with Gasteiger partial charge in [0.1, 0.15) is 0 Å². The summed E-state index contributed by atoms with van der Waals surface area (Å²) in [5.41, 5.74) is 2.87. The lowest BCUT2D eigenvalue weighted by Gasteiger charge is -2.13. The number of pyridine rings is 1. The molecule has 21 heavy (non-hydrogen) atoms. The first-order chi connectivity index (χ1) is 10.1. The summed E-state index contributed by atoms with van der Waals surface area (Å²) in [4.78, 5) is 18.3. The van der Waals surface area contributed by atoms with Crippen molar-refractivity contribution in [3.8, 4) is 0 Å². The van der Waals surface area contributed by atoms with Gasteiger partial charge in [0, 0.05) is 37.9 Å². The van der Waals surface area contributed by atoms with E-state index in [1.807, 2.05) is 43.3 Å². The number of amides is 1. The van der Waals surface area contributed by atoms with Crippen molar-refractivity contribution in [1.29, 1.82) is 0 Å². The molecule has 0 bridgehead atoms. The Hall–Kier alpha value is -2.89. The van der Waals surface area contributed by atoms with Crippen molar-refractivity contribution in [2.24, 2.45) is 0 Å². The van der Waals surface area contributed by atoms with E-state index in [1.165, 1.54) is 0 Å². The lowest BCUT2D eigenvalue weighted by atomic mass is 10.2.